The number of aryl methyl sites for hydroxylation is 1. The maximum absolute atomic E-state index is 13.1. The van der Waals surface area contributed by atoms with Gasteiger partial charge in [0.15, 0.2) is 5.16 Å². The first-order valence-corrected chi connectivity index (χ1v) is 10.7. The Labute approximate surface area is 176 Å². The van der Waals surface area contributed by atoms with E-state index in [0.29, 0.717) is 28.5 Å². The molecule has 1 N–H and O–H groups in total. The van der Waals surface area contributed by atoms with Crippen LogP contribution >= 0.6 is 11.8 Å². The third-order valence-electron chi connectivity index (χ3n) is 5.24. The van der Waals surface area contributed by atoms with Crippen LogP contribution in [0.3, 0.4) is 0 Å². The van der Waals surface area contributed by atoms with Gasteiger partial charge in [-0.05, 0) is 43.2 Å². The number of hydrogen-bond acceptors (Lipinski definition) is 5. The van der Waals surface area contributed by atoms with Crippen molar-refractivity contribution in [1.29, 1.82) is 0 Å². The average Bonchev–Trinajstić information content (AvgIpc) is 3.48. The SMILES string of the molecule is Cc1cc2nc(SCC(=O)N3CCc4ccccc43)n(Cc3ccco3)c(=O)c2[nH]1. The second-order valence-corrected chi connectivity index (χ2v) is 8.23. The number of H-pyrrole nitrogens is 1. The lowest BCUT2D eigenvalue weighted by atomic mass is 10.2. The summed E-state index contributed by atoms with van der Waals surface area (Å²) in [6.07, 6.45) is 2.44. The van der Waals surface area contributed by atoms with E-state index in [9.17, 15) is 9.59 Å². The highest BCUT2D eigenvalue weighted by Crippen LogP contribution is 2.29. The number of carbonyl (C=O) groups is 1. The zero-order chi connectivity index (χ0) is 20.7. The fourth-order valence-electron chi connectivity index (χ4n) is 3.82. The Morgan fingerprint density at radius 3 is 2.97 bits per heavy atom. The highest BCUT2D eigenvalue weighted by Gasteiger charge is 2.25. The Balaban J connectivity index is 1.44. The number of para-hydroxylation sites is 1. The van der Waals surface area contributed by atoms with Gasteiger partial charge in [0, 0.05) is 17.9 Å². The fourth-order valence-corrected chi connectivity index (χ4v) is 4.70. The minimum absolute atomic E-state index is 0.00842. The van der Waals surface area contributed by atoms with Gasteiger partial charge < -0.3 is 14.3 Å². The molecule has 0 atom stereocenters. The summed E-state index contributed by atoms with van der Waals surface area (Å²) < 4.78 is 6.99. The molecule has 5 rings (SSSR count). The summed E-state index contributed by atoms with van der Waals surface area (Å²) in [5.41, 5.74) is 3.92. The van der Waals surface area contributed by atoms with Gasteiger partial charge in [-0.25, -0.2) is 4.98 Å². The molecule has 8 heteroatoms. The second-order valence-electron chi connectivity index (χ2n) is 7.29. The molecule has 1 aliphatic heterocycles. The van der Waals surface area contributed by atoms with E-state index in [1.54, 1.807) is 16.9 Å². The first-order chi connectivity index (χ1) is 14.6. The van der Waals surface area contributed by atoms with Crippen LogP contribution in [0.2, 0.25) is 0 Å². The minimum atomic E-state index is -0.175. The van der Waals surface area contributed by atoms with Gasteiger partial charge in [-0.2, -0.15) is 0 Å². The van der Waals surface area contributed by atoms with Crippen LogP contribution in [0.15, 0.2) is 63.1 Å². The van der Waals surface area contributed by atoms with Gasteiger partial charge in [0.25, 0.3) is 5.56 Å². The molecule has 7 nitrogen and oxygen atoms in total. The molecule has 4 heterocycles. The predicted molar refractivity (Wildman–Crippen MR) is 116 cm³/mol. The Morgan fingerprint density at radius 1 is 1.27 bits per heavy atom. The lowest BCUT2D eigenvalue weighted by Gasteiger charge is -2.17. The Bertz CT molecular complexity index is 1290. The summed E-state index contributed by atoms with van der Waals surface area (Å²) in [6, 6.07) is 13.4. The number of hydrogen-bond donors (Lipinski definition) is 1. The van der Waals surface area contributed by atoms with Crippen molar-refractivity contribution in [2.45, 2.75) is 25.0 Å². The summed E-state index contributed by atoms with van der Waals surface area (Å²) in [4.78, 5) is 35.6. The maximum Gasteiger partial charge on any atom is 0.278 e. The molecule has 1 amide bonds. The van der Waals surface area contributed by atoms with Gasteiger partial charge in [0.05, 0.1) is 24.1 Å². The summed E-state index contributed by atoms with van der Waals surface area (Å²) in [7, 11) is 0. The summed E-state index contributed by atoms with van der Waals surface area (Å²) in [6.45, 7) is 2.83. The van der Waals surface area contributed by atoms with Crippen molar-refractivity contribution in [3.8, 4) is 0 Å². The van der Waals surface area contributed by atoms with Crippen LogP contribution in [-0.4, -0.2) is 32.7 Å². The van der Waals surface area contributed by atoms with E-state index in [2.05, 4.69) is 16.0 Å². The fraction of sp³-hybridized carbons (Fsp3) is 0.227. The Kier molecular flexibility index (Phi) is 4.71. The molecular weight excluding hydrogens is 400 g/mol. The molecule has 0 unspecified atom stereocenters. The molecular formula is C22H20N4O3S. The molecule has 30 heavy (non-hydrogen) atoms. The van der Waals surface area contributed by atoms with Crippen molar-refractivity contribution in [3.05, 3.63) is 76.1 Å². The lowest BCUT2D eigenvalue weighted by molar-refractivity contribution is -0.116. The molecule has 0 aliphatic carbocycles. The van der Waals surface area contributed by atoms with Crippen molar-refractivity contribution in [1.82, 2.24) is 14.5 Å². The maximum atomic E-state index is 13.1. The number of carbonyl (C=O) groups excluding carboxylic acids is 1. The molecule has 3 aromatic heterocycles. The van der Waals surface area contributed by atoms with Crippen molar-refractivity contribution in [2.75, 3.05) is 17.2 Å². The number of thioether (sulfide) groups is 1. The number of anilines is 1. The number of rotatable bonds is 5. The van der Waals surface area contributed by atoms with E-state index in [1.807, 2.05) is 42.2 Å². The highest BCUT2D eigenvalue weighted by atomic mass is 32.2. The lowest BCUT2D eigenvalue weighted by Crippen LogP contribution is -2.31. The van der Waals surface area contributed by atoms with E-state index in [-0.39, 0.29) is 23.8 Å². The third kappa shape index (κ3) is 3.33. The van der Waals surface area contributed by atoms with Crippen LogP contribution in [0.4, 0.5) is 5.69 Å². The standard InChI is InChI=1S/C22H20N4O3S/c1-14-11-17-20(23-14)21(28)26(12-16-6-4-10-29-16)22(24-17)30-13-19(27)25-9-8-15-5-2-3-7-18(15)25/h2-7,10-11,23H,8-9,12-13H2,1H3. The summed E-state index contributed by atoms with van der Waals surface area (Å²) >= 11 is 1.28. The van der Waals surface area contributed by atoms with Crippen LogP contribution in [0, 0.1) is 6.92 Å². The molecule has 0 radical (unpaired) electrons. The molecule has 0 saturated heterocycles. The smallest absolute Gasteiger partial charge is 0.278 e. The third-order valence-corrected chi connectivity index (χ3v) is 6.21. The van der Waals surface area contributed by atoms with Gasteiger partial charge in [0.2, 0.25) is 5.91 Å². The molecule has 0 fully saturated rings. The van der Waals surface area contributed by atoms with E-state index in [1.165, 1.54) is 17.3 Å². The first-order valence-electron chi connectivity index (χ1n) is 9.74. The summed E-state index contributed by atoms with van der Waals surface area (Å²) in [5, 5.41) is 0.503. The van der Waals surface area contributed by atoms with E-state index in [0.717, 1.165) is 17.8 Å². The zero-order valence-corrected chi connectivity index (χ0v) is 17.2. The minimum Gasteiger partial charge on any atom is -0.467 e. The van der Waals surface area contributed by atoms with Crippen molar-refractivity contribution in [2.24, 2.45) is 0 Å². The number of nitrogens with one attached hydrogen (secondary N) is 1. The number of aromatic amines is 1. The highest BCUT2D eigenvalue weighted by molar-refractivity contribution is 7.99. The van der Waals surface area contributed by atoms with Crippen molar-refractivity contribution in [3.63, 3.8) is 0 Å². The second kappa shape index (κ2) is 7.53. The zero-order valence-electron chi connectivity index (χ0n) is 16.4. The van der Waals surface area contributed by atoms with Crippen molar-refractivity contribution < 1.29 is 9.21 Å². The van der Waals surface area contributed by atoms with Crippen LogP contribution in [-0.2, 0) is 17.8 Å². The molecule has 1 aromatic carbocycles. The molecule has 4 aromatic rings. The van der Waals surface area contributed by atoms with Crippen LogP contribution < -0.4 is 10.5 Å². The molecule has 0 saturated carbocycles. The molecule has 152 valence electrons. The Hall–Kier alpha value is -3.26. The Morgan fingerprint density at radius 2 is 2.13 bits per heavy atom. The van der Waals surface area contributed by atoms with Gasteiger partial charge >= 0.3 is 0 Å². The molecule has 0 bridgehead atoms. The van der Waals surface area contributed by atoms with Crippen LogP contribution in [0.5, 0.6) is 0 Å². The monoisotopic (exact) mass is 420 g/mol. The largest absolute Gasteiger partial charge is 0.467 e. The van der Waals surface area contributed by atoms with Crippen LogP contribution in [0.1, 0.15) is 17.0 Å². The van der Waals surface area contributed by atoms with Gasteiger partial charge in [-0.3, -0.25) is 14.2 Å². The van der Waals surface area contributed by atoms with Gasteiger partial charge in [-0.1, -0.05) is 30.0 Å². The quantitative estimate of drug-likeness (QED) is 0.395. The predicted octanol–water partition coefficient (Wildman–Crippen LogP) is 3.36. The van der Waals surface area contributed by atoms with Crippen molar-refractivity contribution >= 4 is 34.4 Å². The number of fused-ring (bicyclic) bond motifs is 2. The van der Waals surface area contributed by atoms with Gasteiger partial charge in [0.1, 0.15) is 11.3 Å². The number of aromatic nitrogens is 3. The molecule has 1 aliphatic rings. The summed E-state index contributed by atoms with van der Waals surface area (Å²) in [5.74, 6) is 0.866. The topological polar surface area (TPSA) is 84.1 Å². The number of furan rings is 1. The van der Waals surface area contributed by atoms with Gasteiger partial charge in [-0.15, -0.1) is 0 Å². The number of nitrogens with zero attached hydrogens (tertiary/aromatic N) is 3. The van der Waals surface area contributed by atoms with E-state index in [4.69, 9.17) is 4.42 Å². The van der Waals surface area contributed by atoms with E-state index < -0.39 is 0 Å². The van der Waals surface area contributed by atoms with Crippen LogP contribution in [0.25, 0.3) is 11.0 Å². The number of amides is 1. The first kappa shape index (κ1) is 18.7. The average molecular weight is 420 g/mol. The van der Waals surface area contributed by atoms with E-state index >= 15 is 0 Å². The number of benzene rings is 1. The normalized spacial score (nSPS) is 13.2. The molecule has 0 spiro atoms.